The summed E-state index contributed by atoms with van der Waals surface area (Å²) >= 11 is 0. The quantitative estimate of drug-likeness (QED) is 0.363. The molecule has 3 aromatic heterocycles. The number of oxazole rings is 1. The van der Waals surface area contributed by atoms with Gasteiger partial charge in [0.15, 0.2) is 11.2 Å². The first-order valence-electron chi connectivity index (χ1n) is 12.4. The minimum atomic E-state index is -0.520. The van der Waals surface area contributed by atoms with Crippen molar-refractivity contribution in [3.05, 3.63) is 59.4 Å². The number of hydrogen-bond donors (Lipinski definition) is 2. The average Bonchev–Trinajstić information content (AvgIpc) is 3.42. The van der Waals surface area contributed by atoms with Crippen LogP contribution in [0.25, 0.3) is 33.4 Å². The van der Waals surface area contributed by atoms with Crippen molar-refractivity contribution in [1.82, 2.24) is 29.6 Å². The van der Waals surface area contributed by atoms with Crippen molar-refractivity contribution in [2.24, 2.45) is 0 Å². The minimum absolute atomic E-state index is 0.108. The fourth-order valence-corrected chi connectivity index (χ4v) is 4.80. The molecule has 2 aromatic carbocycles. The summed E-state index contributed by atoms with van der Waals surface area (Å²) in [4.78, 5) is 27.2. The fraction of sp³-hybridized carbons (Fsp3) is 0.296. The number of benzene rings is 2. The van der Waals surface area contributed by atoms with E-state index >= 15 is 0 Å². The number of carbonyl (C=O) groups is 1. The lowest BCUT2D eigenvalue weighted by Gasteiger charge is -2.31. The Morgan fingerprint density at radius 2 is 1.95 bits per heavy atom. The van der Waals surface area contributed by atoms with Gasteiger partial charge in [0.2, 0.25) is 0 Å². The summed E-state index contributed by atoms with van der Waals surface area (Å²) in [6, 6.07) is 12.0. The Hall–Kier alpha value is -4.67. The minimum Gasteiger partial charge on any atom is -0.444 e. The zero-order chi connectivity index (χ0) is 26.6. The molecule has 1 aliphatic heterocycles. The Balaban J connectivity index is 1.31. The Bertz CT molecular complexity index is 1700. The summed E-state index contributed by atoms with van der Waals surface area (Å²) in [5.74, 6) is 0.351. The highest BCUT2D eigenvalue weighted by Gasteiger charge is 2.26. The number of anilines is 2. The number of ether oxygens (including phenoxy) is 1. The lowest BCUT2D eigenvalue weighted by molar-refractivity contribution is 0.0224. The van der Waals surface area contributed by atoms with E-state index in [1.54, 1.807) is 4.90 Å². The SMILES string of the molecule is CC(C)(C)OC(=O)N1CCc2cc(Cn3nc(-c4ccc5oc(N)nc5c4)c4c(N)ncnc43)ccc2C1. The van der Waals surface area contributed by atoms with Gasteiger partial charge in [-0.1, -0.05) is 18.2 Å². The van der Waals surface area contributed by atoms with Crippen molar-refractivity contribution >= 4 is 40.1 Å². The van der Waals surface area contributed by atoms with Crippen LogP contribution in [0.1, 0.15) is 37.5 Å². The molecule has 0 spiro atoms. The standard InChI is InChI=1S/C27H28N8O3/c1-27(2,3)38-26(36)34-9-8-16-10-15(4-5-18(16)13-34)12-35-24-21(23(28)30-14-31-24)22(33-35)17-6-7-20-19(11-17)32-25(29)37-20/h4-7,10-11,14H,8-9,12-13H2,1-3H3,(H2,29,32)(H2,28,30,31). The molecule has 5 aromatic rings. The Labute approximate surface area is 218 Å². The average molecular weight is 513 g/mol. The van der Waals surface area contributed by atoms with Crippen LogP contribution >= 0.6 is 0 Å². The van der Waals surface area contributed by atoms with Crippen molar-refractivity contribution in [2.45, 2.75) is 45.9 Å². The molecule has 194 valence electrons. The van der Waals surface area contributed by atoms with Gasteiger partial charge < -0.3 is 25.5 Å². The summed E-state index contributed by atoms with van der Waals surface area (Å²) < 4.78 is 12.8. The number of nitrogens with two attached hydrogens (primary N) is 2. The third kappa shape index (κ3) is 4.36. The highest BCUT2D eigenvalue weighted by Crippen LogP contribution is 2.33. The van der Waals surface area contributed by atoms with E-state index in [4.69, 9.17) is 25.7 Å². The summed E-state index contributed by atoms with van der Waals surface area (Å²) in [6.07, 6.45) is 1.91. The molecule has 4 heterocycles. The second kappa shape index (κ2) is 8.72. The van der Waals surface area contributed by atoms with Crippen LogP contribution in [0.2, 0.25) is 0 Å². The predicted octanol–water partition coefficient (Wildman–Crippen LogP) is 4.14. The third-order valence-corrected chi connectivity index (χ3v) is 6.50. The lowest BCUT2D eigenvalue weighted by Crippen LogP contribution is -2.39. The second-order valence-electron chi connectivity index (χ2n) is 10.5. The number of fused-ring (bicyclic) bond motifs is 3. The van der Waals surface area contributed by atoms with Crippen LogP contribution in [-0.4, -0.2) is 47.9 Å². The molecule has 4 N–H and O–H groups in total. The van der Waals surface area contributed by atoms with Gasteiger partial charge in [-0.25, -0.2) is 19.4 Å². The molecule has 11 nitrogen and oxygen atoms in total. The second-order valence-corrected chi connectivity index (χ2v) is 10.5. The number of amides is 1. The van der Waals surface area contributed by atoms with E-state index in [0.717, 1.165) is 23.1 Å². The number of rotatable bonds is 3. The van der Waals surface area contributed by atoms with Crippen LogP contribution in [0.4, 0.5) is 16.6 Å². The molecule has 0 bridgehead atoms. The highest BCUT2D eigenvalue weighted by molar-refractivity contribution is 5.99. The number of hydrogen-bond acceptors (Lipinski definition) is 9. The highest BCUT2D eigenvalue weighted by atomic mass is 16.6. The Morgan fingerprint density at radius 1 is 1.11 bits per heavy atom. The molecule has 1 amide bonds. The van der Waals surface area contributed by atoms with Crippen molar-refractivity contribution in [3.8, 4) is 11.3 Å². The van der Waals surface area contributed by atoms with Gasteiger partial charge in [0.1, 0.15) is 29.0 Å². The molecule has 1 aliphatic rings. The maximum atomic E-state index is 12.5. The molecule has 0 saturated carbocycles. The van der Waals surface area contributed by atoms with E-state index in [-0.39, 0.29) is 12.1 Å². The van der Waals surface area contributed by atoms with Crippen molar-refractivity contribution in [1.29, 1.82) is 0 Å². The van der Waals surface area contributed by atoms with E-state index in [9.17, 15) is 4.79 Å². The van der Waals surface area contributed by atoms with Crippen molar-refractivity contribution < 1.29 is 13.9 Å². The Kier molecular flexibility index (Phi) is 5.44. The van der Waals surface area contributed by atoms with Gasteiger partial charge in [-0.2, -0.15) is 10.1 Å². The molecule has 0 unspecified atom stereocenters. The smallest absolute Gasteiger partial charge is 0.410 e. The molecule has 6 rings (SSSR count). The zero-order valence-corrected chi connectivity index (χ0v) is 21.4. The fourth-order valence-electron chi connectivity index (χ4n) is 4.80. The summed E-state index contributed by atoms with van der Waals surface area (Å²) in [5.41, 5.74) is 18.2. The van der Waals surface area contributed by atoms with Crippen LogP contribution in [0, 0.1) is 0 Å². The number of nitrogens with zero attached hydrogens (tertiary/aromatic N) is 6. The molecule has 0 fully saturated rings. The molecule has 11 heteroatoms. The van der Waals surface area contributed by atoms with E-state index in [0.29, 0.717) is 53.3 Å². The summed E-state index contributed by atoms with van der Waals surface area (Å²) in [6.45, 7) is 7.26. The van der Waals surface area contributed by atoms with E-state index < -0.39 is 5.60 Å². The zero-order valence-electron chi connectivity index (χ0n) is 21.4. The topological polar surface area (TPSA) is 151 Å². The van der Waals surface area contributed by atoms with Crippen LogP contribution in [0.15, 0.2) is 47.1 Å². The Morgan fingerprint density at radius 3 is 2.76 bits per heavy atom. The molecular weight excluding hydrogens is 484 g/mol. The van der Waals surface area contributed by atoms with Gasteiger partial charge in [-0.3, -0.25) is 0 Å². The van der Waals surface area contributed by atoms with E-state index in [1.165, 1.54) is 11.9 Å². The number of carbonyl (C=O) groups excluding carboxylic acids is 1. The summed E-state index contributed by atoms with van der Waals surface area (Å²) in [5, 5.41) is 5.56. The van der Waals surface area contributed by atoms with E-state index in [2.05, 4.69) is 33.2 Å². The lowest BCUT2D eigenvalue weighted by atomic mass is 9.97. The van der Waals surface area contributed by atoms with Gasteiger partial charge in [0, 0.05) is 18.7 Å². The number of aromatic nitrogens is 5. The van der Waals surface area contributed by atoms with Gasteiger partial charge in [-0.05, 0) is 62.1 Å². The monoisotopic (exact) mass is 512 g/mol. The molecule has 0 radical (unpaired) electrons. The van der Waals surface area contributed by atoms with Gasteiger partial charge in [0.05, 0.1) is 11.9 Å². The van der Waals surface area contributed by atoms with Gasteiger partial charge >= 0.3 is 6.09 Å². The third-order valence-electron chi connectivity index (χ3n) is 6.50. The van der Waals surface area contributed by atoms with Gasteiger partial charge in [-0.15, -0.1) is 0 Å². The summed E-state index contributed by atoms with van der Waals surface area (Å²) in [7, 11) is 0. The maximum absolute atomic E-state index is 12.5. The molecule has 0 aliphatic carbocycles. The van der Waals surface area contributed by atoms with Gasteiger partial charge in [0.25, 0.3) is 6.01 Å². The predicted molar refractivity (Wildman–Crippen MR) is 143 cm³/mol. The largest absolute Gasteiger partial charge is 0.444 e. The van der Waals surface area contributed by atoms with Crippen molar-refractivity contribution in [2.75, 3.05) is 18.0 Å². The van der Waals surface area contributed by atoms with Crippen LogP contribution < -0.4 is 11.5 Å². The molecule has 0 atom stereocenters. The number of nitrogen functional groups attached to an aromatic ring is 2. The van der Waals surface area contributed by atoms with Crippen molar-refractivity contribution in [3.63, 3.8) is 0 Å². The van der Waals surface area contributed by atoms with Crippen LogP contribution in [0.5, 0.6) is 0 Å². The van der Waals surface area contributed by atoms with Crippen LogP contribution in [-0.2, 0) is 24.2 Å². The first kappa shape index (κ1) is 23.7. The van der Waals surface area contributed by atoms with Crippen LogP contribution in [0.3, 0.4) is 0 Å². The van der Waals surface area contributed by atoms with E-state index in [1.807, 2.05) is 43.7 Å². The first-order chi connectivity index (χ1) is 18.1. The molecule has 0 saturated heterocycles. The molecular formula is C27H28N8O3. The first-order valence-corrected chi connectivity index (χ1v) is 12.4. The normalized spacial score (nSPS) is 13.7. The molecule has 38 heavy (non-hydrogen) atoms. The maximum Gasteiger partial charge on any atom is 0.410 e.